The standard InChI is InChI=1S/C16H32N2O/c1-5-7-13(12-17-16(2,3)4)18-10-11-19-15-9-6-8-14(15)18/h13-15,17H,5-12H2,1-4H3. The van der Waals surface area contributed by atoms with Crippen LogP contribution in [0.5, 0.6) is 0 Å². The van der Waals surface area contributed by atoms with Crippen molar-refractivity contribution in [3.8, 4) is 0 Å². The minimum absolute atomic E-state index is 0.216. The first-order chi connectivity index (χ1) is 9.01. The summed E-state index contributed by atoms with van der Waals surface area (Å²) in [6.07, 6.45) is 7.03. The van der Waals surface area contributed by atoms with Crippen molar-refractivity contribution in [2.24, 2.45) is 0 Å². The molecular formula is C16H32N2O. The van der Waals surface area contributed by atoms with Crippen molar-refractivity contribution in [3.05, 3.63) is 0 Å². The fourth-order valence-electron chi connectivity index (χ4n) is 3.55. The van der Waals surface area contributed by atoms with Gasteiger partial charge in [-0.3, -0.25) is 4.90 Å². The van der Waals surface area contributed by atoms with Gasteiger partial charge in [-0.1, -0.05) is 13.3 Å². The maximum absolute atomic E-state index is 5.94. The highest BCUT2D eigenvalue weighted by molar-refractivity contribution is 4.93. The minimum atomic E-state index is 0.216. The van der Waals surface area contributed by atoms with Crippen LogP contribution in [0.25, 0.3) is 0 Å². The summed E-state index contributed by atoms with van der Waals surface area (Å²) in [7, 11) is 0. The second-order valence-electron chi connectivity index (χ2n) is 7.22. The van der Waals surface area contributed by atoms with Crippen LogP contribution in [0.15, 0.2) is 0 Å². The van der Waals surface area contributed by atoms with Crippen molar-refractivity contribution in [2.45, 2.75) is 83.5 Å². The first-order valence-corrected chi connectivity index (χ1v) is 8.13. The van der Waals surface area contributed by atoms with E-state index in [2.05, 4.69) is 37.9 Å². The summed E-state index contributed by atoms with van der Waals surface area (Å²) in [5.41, 5.74) is 0.216. The zero-order valence-corrected chi connectivity index (χ0v) is 13.2. The van der Waals surface area contributed by atoms with Gasteiger partial charge in [0.25, 0.3) is 0 Å². The van der Waals surface area contributed by atoms with Crippen molar-refractivity contribution in [1.29, 1.82) is 0 Å². The van der Waals surface area contributed by atoms with Crippen LogP contribution < -0.4 is 5.32 Å². The second kappa shape index (κ2) is 6.55. The smallest absolute Gasteiger partial charge is 0.0731 e. The molecule has 19 heavy (non-hydrogen) atoms. The van der Waals surface area contributed by atoms with E-state index in [0.29, 0.717) is 18.2 Å². The van der Waals surface area contributed by atoms with Crippen LogP contribution in [0.2, 0.25) is 0 Å². The molecule has 1 saturated carbocycles. The van der Waals surface area contributed by atoms with Gasteiger partial charge in [-0.15, -0.1) is 0 Å². The van der Waals surface area contributed by atoms with E-state index in [-0.39, 0.29) is 5.54 Å². The van der Waals surface area contributed by atoms with Crippen molar-refractivity contribution >= 4 is 0 Å². The maximum atomic E-state index is 5.94. The topological polar surface area (TPSA) is 24.5 Å². The third-order valence-corrected chi connectivity index (χ3v) is 4.48. The van der Waals surface area contributed by atoms with E-state index in [1.54, 1.807) is 0 Å². The van der Waals surface area contributed by atoms with Crippen LogP contribution in [-0.2, 0) is 4.74 Å². The molecule has 0 aromatic heterocycles. The molecule has 0 aromatic rings. The Labute approximate surface area is 119 Å². The molecule has 1 aliphatic heterocycles. The van der Waals surface area contributed by atoms with E-state index in [1.807, 2.05) is 0 Å². The molecule has 2 aliphatic rings. The van der Waals surface area contributed by atoms with E-state index < -0.39 is 0 Å². The molecule has 3 unspecified atom stereocenters. The highest BCUT2D eigenvalue weighted by atomic mass is 16.5. The zero-order valence-electron chi connectivity index (χ0n) is 13.2. The molecule has 1 N–H and O–H groups in total. The van der Waals surface area contributed by atoms with Crippen molar-refractivity contribution in [1.82, 2.24) is 10.2 Å². The van der Waals surface area contributed by atoms with Crippen LogP contribution >= 0.6 is 0 Å². The summed E-state index contributed by atoms with van der Waals surface area (Å²) in [5, 5.41) is 3.70. The molecule has 1 heterocycles. The van der Waals surface area contributed by atoms with E-state index in [9.17, 15) is 0 Å². The number of nitrogens with zero attached hydrogens (tertiary/aromatic N) is 1. The fourth-order valence-corrected chi connectivity index (χ4v) is 3.55. The van der Waals surface area contributed by atoms with Gasteiger partial charge in [0.1, 0.15) is 0 Å². The van der Waals surface area contributed by atoms with Crippen molar-refractivity contribution in [2.75, 3.05) is 19.7 Å². The van der Waals surface area contributed by atoms with Crippen LogP contribution in [0, 0.1) is 0 Å². The summed E-state index contributed by atoms with van der Waals surface area (Å²) in [4.78, 5) is 2.75. The molecule has 112 valence electrons. The Balaban J connectivity index is 1.96. The van der Waals surface area contributed by atoms with Crippen molar-refractivity contribution in [3.63, 3.8) is 0 Å². The van der Waals surface area contributed by atoms with Gasteiger partial charge < -0.3 is 10.1 Å². The third kappa shape index (κ3) is 4.17. The Morgan fingerprint density at radius 1 is 1.32 bits per heavy atom. The number of morpholine rings is 1. The number of fused-ring (bicyclic) bond motifs is 1. The molecule has 0 amide bonds. The molecule has 2 fully saturated rings. The average molecular weight is 268 g/mol. The van der Waals surface area contributed by atoms with Crippen LogP contribution in [0.4, 0.5) is 0 Å². The number of ether oxygens (including phenoxy) is 1. The highest BCUT2D eigenvalue weighted by Crippen LogP contribution is 2.31. The van der Waals surface area contributed by atoms with Gasteiger partial charge in [0.05, 0.1) is 12.7 Å². The molecule has 1 aliphatic carbocycles. The predicted octanol–water partition coefficient (Wildman–Crippen LogP) is 2.80. The normalized spacial score (nSPS) is 30.3. The van der Waals surface area contributed by atoms with E-state index in [0.717, 1.165) is 19.7 Å². The highest BCUT2D eigenvalue weighted by Gasteiger charge is 2.38. The maximum Gasteiger partial charge on any atom is 0.0731 e. The molecule has 0 bridgehead atoms. The van der Waals surface area contributed by atoms with Crippen LogP contribution in [0.1, 0.15) is 59.8 Å². The summed E-state index contributed by atoms with van der Waals surface area (Å²) in [6.45, 7) is 12.2. The monoisotopic (exact) mass is 268 g/mol. The Kier molecular flexibility index (Phi) is 5.27. The van der Waals surface area contributed by atoms with Crippen molar-refractivity contribution < 1.29 is 4.74 Å². The largest absolute Gasteiger partial charge is 0.375 e. The van der Waals surface area contributed by atoms with Crippen LogP contribution in [0.3, 0.4) is 0 Å². The summed E-state index contributed by atoms with van der Waals surface area (Å²) >= 11 is 0. The van der Waals surface area contributed by atoms with E-state index >= 15 is 0 Å². The molecule has 0 spiro atoms. The second-order valence-corrected chi connectivity index (χ2v) is 7.22. The number of nitrogens with one attached hydrogen (secondary N) is 1. The Bertz CT molecular complexity index is 274. The average Bonchev–Trinajstić information content (AvgIpc) is 2.81. The molecular weight excluding hydrogens is 236 g/mol. The number of rotatable bonds is 5. The lowest BCUT2D eigenvalue weighted by Crippen LogP contribution is -2.56. The lowest BCUT2D eigenvalue weighted by Gasteiger charge is -2.43. The number of hydrogen-bond acceptors (Lipinski definition) is 3. The molecule has 3 heteroatoms. The summed E-state index contributed by atoms with van der Waals surface area (Å²) in [5.74, 6) is 0. The van der Waals surface area contributed by atoms with Gasteiger partial charge in [-0.05, 0) is 46.5 Å². The molecule has 2 rings (SSSR count). The van der Waals surface area contributed by atoms with Gasteiger partial charge in [0.15, 0.2) is 0 Å². The Morgan fingerprint density at radius 2 is 2.11 bits per heavy atom. The quantitative estimate of drug-likeness (QED) is 0.830. The third-order valence-electron chi connectivity index (χ3n) is 4.48. The first kappa shape index (κ1) is 15.3. The Hall–Kier alpha value is -0.120. The lowest BCUT2D eigenvalue weighted by atomic mass is 10.0. The molecule has 3 atom stereocenters. The van der Waals surface area contributed by atoms with Crippen LogP contribution in [-0.4, -0.2) is 48.3 Å². The molecule has 0 aromatic carbocycles. The summed E-state index contributed by atoms with van der Waals surface area (Å²) in [6, 6.07) is 1.37. The molecule has 0 radical (unpaired) electrons. The van der Waals surface area contributed by atoms with E-state index in [1.165, 1.54) is 32.1 Å². The molecule has 1 saturated heterocycles. The Morgan fingerprint density at radius 3 is 2.79 bits per heavy atom. The van der Waals surface area contributed by atoms with Gasteiger partial charge >= 0.3 is 0 Å². The minimum Gasteiger partial charge on any atom is -0.375 e. The zero-order chi connectivity index (χ0) is 13.9. The predicted molar refractivity (Wildman–Crippen MR) is 80.5 cm³/mol. The summed E-state index contributed by atoms with van der Waals surface area (Å²) < 4.78 is 5.94. The number of hydrogen-bond donors (Lipinski definition) is 1. The van der Waals surface area contributed by atoms with Gasteiger partial charge in [-0.2, -0.15) is 0 Å². The van der Waals surface area contributed by atoms with Gasteiger partial charge in [0, 0.05) is 30.7 Å². The lowest BCUT2D eigenvalue weighted by molar-refractivity contribution is -0.0731. The molecule has 3 nitrogen and oxygen atoms in total. The first-order valence-electron chi connectivity index (χ1n) is 8.13. The fraction of sp³-hybridized carbons (Fsp3) is 1.00. The van der Waals surface area contributed by atoms with E-state index in [4.69, 9.17) is 4.74 Å². The van der Waals surface area contributed by atoms with Gasteiger partial charge in [0.2, 0.25) is 0 Å². The van der Waals surface area contributed by atoms with Gasteiger partial charge in [-0.25, -0.2) is 0 Å². The SMILES string of the molecule is CCCC(CNC(C)(C)C)N1CCOC2CCCC21.